The van der Waals surface area contributed by atoms with Crippen LogP contribution in [0, 0.1) is 5.92 Å². The van der Waals surface area contributed by atoms with E-state index in [9.17, 15) is 8.42 Å². The quantitative estimate of drug-likeness (QED) is 0.801. The molecule has 0 aromatic rings. The van der Waals surface area contributed by atoms with Crippen molar-refractivity contribution in [1.29, 1.82) is 0 Å². The van der Waals surface area contributed by atoms with Gasteiger partial charge in [-0.2, -0.15) is 0 Å². The Morgan fingerprint density at radius 1 is 1.38 bits per heavy atom. The lowest BCUT2D eigenvalue weighted by atomic mass is 9.88. The zero-order valence-electron chi connectivity index (χ0n) is 9.98. The van der Waals surface area contributed by atoms with Crippen molar-refractivity contribution in [2.75, 3.05) is 25.4 Å². The van der Waals surface area contributed by atoms with Crippen LogP contribution in [-0.4, -0.2) is 44.2 Å². The summed E-state index contributed by atoms with van der Waals surface area (Å²) in [7, 11) is -2.92. The predicted molar refractivity (Wildman–Crippen MR) is 64.8 cm³/mol. The Bertz CT molecular complexity index is 329. The lowest BCUT2D eigenvalue weighted by Crippen LogP contribution is -2.48. The Hall–Kier alpha value is -0.130. The molecule has 0 bridgehead atoms. The fourth-order valence-electron chi connectivity index (χ4n) is 2.84. The third kappa shape index (κ3) is 2.57. The molecule has 0 radical (unpaired) electrons. The highest BCUT2D eigenvalue weighted by Crippen LogP contribution is 2.23. The summed E-state index contributed by atoms with van der Waals surface area (Å²) in [6.45, 7) is 4.63. The summed E-state index contributed by atoms with van der Waals surface area (Å²) >= 11 is 0. The van der Waals surface area contributed by atoms with Crippen molar-refractivity contribution in [1.82, 2.24) is 9.62 Å². The molecule has 2 heterocycles. The monoisotopic (exact) mass is 246 g/mol. The molecule has 0 aliphatic carbocycles. The molecule has 2 aliphatic heterocycles. The molecule has 4 nitrogen and oxygen atoms in total. The zero-order valence-corrected chi connectivity index (χ0v) is 10.8. The molecule has 2 unspecified atom stereocenters. The largest absolute Gasteiger partial charge is 0.312 e. The minimum atomic E-state index is -2.92. The van der Waals surface area contributed by atoms with E-state index in [0.29, 0.717) is 24.3 Å². The Balaban J connectivity index is 1.97. The summed E-state index contributed by atoms with van der Waals surface area (Å²) in [6.07, 6.45) is 4.40. The number of hydrogen-bond acceptors (Lipinski definition) is 3. The van der Waals surface area contributed by atoms with Crippen LogP contribution < -0.4 is 5.32 Å². The van der Waals surface area contributed by atoms with Gasteiger partial charge in [-0.15, -0.1) is 0 Å². The van der Waals surface area contributed by atoms with Gasteiger partial charge in [-0.1, -0.05) is 13.3 Å². The number of nitrogens with zero attached hydrogens (tertiary/aromatic N) is 1. The molecule has 16 heavy (non-hydrogen) atoms. The third-order valence-corrected chi connectivity index (χ3v) is 5.78. The summed E-state index contributed by atoms with van der Waals surface area (Å²) < 4.78 is 25.1. The highest BCUT2D eigenvalue weighted by Gasteiger charge is 2.33. The molecule has 2 saturated heterocycles. The maximum Gasteiger partial charge on any atom is 0.214 e. The highest BCUT2D eigenvalue weighted by atomic mass is 32.2. The van der Waals surface area contributed by atoms with E-state index in [2.05, 4.69) is 12.2 Å². The van der Waals surface area contributed by atoms with Gasteiger partial charge in [-0.05, 0) is 31.7 Å². The second-order valence-corrected chi connectivity index (χ2v) is 6.99. The van der Waals surface area contributed by atoms with Gasteiger partial charge >= 0.3 is 0 Å². The van der Waals surface area contributed by atoms with E-state index in [1.54, 1.807) is 4.31 Å². The van der Waals surface area contributed by atoms with Gasteiger partial charge in [0.15, 0.2) is 0 Å². The second-order valence-electron chi connectivity index (χ2n) is 4.90. The SMILES string of the molecule is CCC1CCCNC1CN1CCCS1(=O)=O. The van der Waals surface area contributed by atoms with Gasteiger partial charge < -0.3 is 5.32 Å². The zero-order chi connectivity index (χ0) is 11.6. The van der Waals surface area contributed by atoms with E-state index in [1.807, 2.05) is 0 Å². The van der Waals surface area contributed by atoms with Gasteiger partial charge in [0, 0.05) is 19.1 Å². The molecule has 2 rings (SSSR count). The van der Waals surface area contributed by atoms with E-state index in [-0.39, 0.29) is 0 Å². The molecule has 0 spiro atoms. The van der Waals surface area contributed by atoms with Crippen molar-refractivity contribution >= 4 is 10.0 Å². The molecule has 0 saturated carbocycles. The van der Waals surface area contributed by atoms with E-state index in [1.165, 1.54) is 12.8 Å². The van der Waals surface area contributed by atoms with Gasteiger partial charge in [0.25, 0.3) is 0 Å². The minimum Gasteiger partial charge on any atom is -0.312 e. The molecule has 2 fully saturated rings. The number of piperidine rings is 1. The number of hydrogen-bond donors (Lipinski definition) is 1. The van der Waals surface area contributed by atoms with Gasteiger partial charge in [0.05, 0.1) is 5.75 Å². The van der Waals surface area contributed by atoms with Gasteiger partial charge in [-0.3, -0.25) is 0 Å². The fourth-order valence-corrected chi connectivity index (χ4v) is 4.38. The number of rotatable bonds is 3. The Kier molecular flexibility index (Phi) is 3.87. The highest BCUT2D eigenvalue weighted by molar-refractivity contribution is 7.89. The average molecular weight is 246 g/mol. The standard InChI is InChI=1S/C11H22N2O2S/c1-2-10-5-3-6-12-11(10)9-13-7-4-8-16(13,14)15/h10-12H,2-9H2,1H3. The Labute approximate surface area is 98.4 Å². The van der Waals surface area contributed by atoms with Crippen molar-refractivity contribution in [3.8, 4) is 0 Å². The molecule has 1 N–H and O–H groups in total. The van der Waals surface area contributed by atoms with E-state index in [4.69, 9.17) is 0 Å². The summed E-state index contributed by atoms with van der Waals surface area (Å²) in [4.78, 5) is 0. The van der Waals surface area contributed by atoms with Crippen LogP contribution in [0.5, 0.6) is 0 Å². The normalized spacial score (nSPS) is 35.3. The molecule has 0 aromatic heterocycles. The van der Waals surface area contributed by atoms with Crippen LogP contribution in [0.1, 0.15) is 32.6 Å². The van der Waals surface area contributed by atoms with E-state index in [0.717, 1.165) is 25.9 Å². The molecule has 2 aliphatic rings. The number of nitrogens with one attached hydrogen (secondary N) is 1. The molecule has 94 valence electrons. The van der Waals surface area contributed by atoms with Crippen molar-refractivity contribution in [3.63, 3.8) is 0 Å². The molecule has 0 amide bonds. The van der Waals surface area contributed by atoms with Crippen molar-refractivity contribution in [2.24, 2.45) is 5.92 Å². The molecule has 0 aromatic carbocycles. The van der Waals surface area contributed by atoms with Gasteiger partial charge in [0.1, 0.15) is 0 Å². The van der Waals surface area contributed by atoms with Crippen LogP contribution in [0.4, 0.5) is 0 Å². The first-order valence-corrected chi connectivity index (χ1v) is 7.95. The summed E-state index contributed by atoms with van der Waals surface area (Å²) in [5.74, 6) is 0.987. The van der Waals surface area contributed by atoms with Crippen molar-refractivity contribution in [2.45, 2.75) is 38.6 Å². The van der Waals surface area contributed by atoms with Crippen LogP contribution in [0.15, 0.2) is 0 Å². The van der Waals surface area contributed by atoms with Crippen molar-refractivity contribution < 1.29 is 8.42 Å². The molecule has 5 heteroatoms. The van der Waals surface area contributed by atoms with Crippen LogP contribution >= 0.6 is 0 Å². The lowest BCUT2D eigenvalue weighted by molar-refractivity contribution is 0.236. The Morgan fingerprint density at radius 3 is 2.81 bits per heavy atom. The molecular formula is C11H22N2O2S. The summed E-state index contributed by atoms with van der Waals surface area (Å²) in [5.41, 5.74) is 0. The van der Waals surface area contributed by atoms with Gasteiger partial charge in [0.2, 0.25) is 10.0 Å². The van der Waals surface area contributed by atoms with Gasteiger partial charge in [-0.25, -0.2) is 12.7 Å². The lowest BCUT2D eigenvalue weighted by Gasteiger charge is -2.34. The summed E-state index contributed by atoms with van der Waals surface area (Å²) in [6, 6.07) is 0.367. The number of sulfonamides is 1. The topological polar surface area (TPSA) is 49.4 Å². The maximum atomic E-state index is 11.7. The Morgan fingerprint density at radius 2 is 2.19 bits per heavy atom. The maximum absolute atomic E-state index is 11.7. The van der Waals surface area contributed by atoms with E-state index < -0.39 is 10.0 Å². The first-order chi connectivity index (χ1) is 7.63. The first-order valence-electron chi connectivity index (χ1n) is 6.34. The van der Waals surface area contributed by atoms with E-state index >= 15 is 0 Å². The minimum absolute atomic E-state index is 0.344. The van der Waals surface area contributed by atoms with Crippen LogP contribution in [0.2, 0.25) is 0 Å². The van der Waals surface area contributed by atoms with Crippen LogP contribution in [-0.2, 0) is 10.0 Å². The summed E-state index contributed by atoms with van der Waals surface area (Å²) in [5, 5.41) is 3.48. The predicted octanol–water partition coefficient (Wildman–Crippen LogP) is 0.800. The average Bonchev–Trinajstić information content (AvgIpc) is 2.59. The second kappa shape index (κ2) is 5.02. The smallest absolute Gasteiger partial charge is 0.214 e. The molecular weight excluding hydrogens is 224 g/mol. The first kappa shape index (κ1) is 12.3. The molecule has 2 atom stereocenters. The van der Waals surface area contributed by atoms with Crippen LogP contribution in [0.3, 0.4) is 0 Å². The van der Waals surface area contributed by atoms with Crippen molar-refractivity contribution in [3.05, 3.63) is 0 Å². The van der Waals surface area contributed by atoms with Crippen LogP contribution in [0.25, 0.3) is 0 Å². The third-order valence-electron chi connectivity index (χ3n) is 3.86. The fraction of sp³-hybridized carbons (Fsp3) is 1.00.